The molecule has 1 aromatic carbocycles. The Bertz CT molecular complexity index is 511. The van der Waals surface area contributed by atoms with Gasteiger partial charge in [0.1, 0.15) is 11.5 Å². The lowest BCUT2D eigenvalue weighted by atomic mass is 10.1. The van der Waals surface area contributed by atoms with Gasteiger partial charge in [0.2, 0.25) is 0 Å². The van der Waals surface area contributed by atoms with Crippen LogP contribution in [0, 0.1) is 0 Å². The number of hydrogen-bond acceptors (Lipinski definition) is 3. The molecule has 0 saturated carbocycles. The van der Waals surface area contributed by atoms with Gasteiger partial charge in [0.15, 0.2) is 0 Å². The van der Waals surface area contributed by atoms with Crippen LogP contribution in [0.4, 0.5) is 0 Å². The Morgan fingerprint density at radius 3 is 3.00 bits per heavy atom. The van der Waals surface area contributed by atoms with E-state index in [2.05, 4.69) is 22.6 Å². The van der Waals surface area contributed by atoms with Crippen LogP contribution in [0.3, 0.4) is 0 Å². The molecule has 2 rings (SSSR count). The Morgan fingerprint density at radius 2 is 2.20 bits per heavy atom. The summed E-state index contributed by atoms with van der Waals surface area (Å²) in [5.41, 5.74) is 1.94. The van der Waals surface area contributed by atoms with Gasteiger partial charge in [-0.25, -0.2) is 9.97 Å². The minimum atomic E-state index is 0.487. The first-order chi connectivity index (χ1) is 7.31. The van der Waals surface area contributed by atoms with Gasteiger partial charge in [-0.3, -0.25) is 0 Å². The highest BCUT2D eigenvalue weighted by molar-refractivity contribution is 7.80. The predicted molar refractivity (Wildman–Crippen MR) is 67.4 cm³/mol. The summed E-state index contributed by atoms with van der Waals surface area (Å²) in [5, 5.41) is 1.36. The van der Waals surface area contributed by atoms with Gasteiger partial charge >= 0.3 is 0 Å². The van der Waals surface area contributed by atoms with Crippen LogP contribution in [0.15, 0.2) is 30.6 Å². The van der Waals surface area contributed by atoms with E-state index in [4.69, 9.17) is 11.6 Å². The first-order valence-corrected chi connectivity index (χ1v) is 5.50. The standard InChI is InChI=1S/C11H9ClN2S/c12-11-9-6-8(2-1-5-15)3-4-10(9)13-7-14-11/h1-4,6-7,15H,5H2. The van der Waals surface area contributed by atoms with Crippen molar-refractivity contribution in [3.05, 3.63) is 41.3 Å². The Kier molecular flexibility index (Phi) is 3.23. The number of halogens is 1. The van der Waals surface area contributed by atoms with E-state index in [9.17, 15) is 0 Å². The van der Waals surface area contributed by atoms with Crippen molar-refractivity contribution in [3.8, 4) is 0 Å². The lowest BCUT2D eigenvalue weighted by Crippen LogP contribution is -1.84. The zero-order valence-electron chi connectivity index (χ0n) is 7.89. The fraction of sp³-hybridized carbons (Fsp3) is 0.0909. The average molecular weight is 237 g/mol. The quantitative estimate of drug-likeness (QED) is 0.640. The Balaban J connectivity index is 2.54. The number of thiol groups is 1. The molecule has 15 heavy (non-hydrogen) atoms. The van der Waals surface area contributed by atoms with Gasteiger partial charge in [-0.2, -0.15) is 12.6 Å². The molecule has 1 aromatic heterocycles. The predicted octanol–water partition coefficient (Wildman–Crippen LogP) is 3.23. The minimum absolute atomic E-state index is 0.487. The molecular weight excluding hydrogens is 228 g/mol. The van der Waals surface area contributed by atoms with E-state index in [1.54, 1.807) is 0 Å². The average Bonchev–Trinajstić information content (AvgIpc) is 2.27. The molecule has 4 heteroatoms. The largest absolute Gasteiger partial charge is 0.236 e. The van der Waals surface area contributed by atoms with Gasteiger partial charge in [0.05, 0.1) is 5.52 Å². The van der Waals surface area contributed by atoms with Gasteiger partial charge in [-0.05, 0) is 17.7 Å². The van der Waals surface area contributed by atoms with Crippen LogP contribution in [0.2, 0.25) is 5.15 Å². The highest BCUT2D eigenvalue weighted by Gasteiger charge is 2.00. The molecular formula is C11H9ClN2S. The third-order valence-corrected chi connectivity index (χ3v) is 2.54. The lowest BCUT2D eigenvalue weighted by molar-refractivity contribution is 1.22. The second kappa shape index (κ2) is 4.64. The molecule has 0 spiro atoms. The summed E-state index contributed by atoms with van der Waals surface area (Å²) in [6.45, 7) is 0. The van der Waals surface area contributed by atoms with Crippen molar-refractivity contribution in [1.82, 2.24) is 9.97 Å². The molecule has 0 unspecified atom stereocenters. The summed E-state index contributed by atoms with van der Waals surface area (Å²) in [4.78, 5) is 8.07. The number of rotatable bonds is 2. The van der Waals surface area contributed by atoms with E-state index in [0.717, 1.165) is 22.2 Å². The molecule has 1 heterocycles. The first-order valence-electron chi connectivity index (χ1n) is 4.49. The van der Waals surface area contributed by atoms with Gasteiger partial charge in [0, 0.05) is 11.1 Å². The number of benzene rings is 1. The summed E-state index contributed by atoms with van der Waals surface area (Å²) in [5.74, 6) is 0.719. The maximum Gasteiger partial charge on any atom is 0.140 e. The van der Waals surface area contributed by atoms with E-state index >= 15 is 0 Å². The van der Waals surface area contributed by atoms with E-state index in [1.165, 1.54) is 6.33 Å². The van der Waals surface area contributed by atoms with Gasteiger partial charge in [-0.15, -0.1) is 0 Å². The van der Waals surface area contributed by atoms with Gasteiger partial charge in [-0.1, -0.05) is 29.8 Å². The molecule has 0 aliphatic carbocycles. The third kappa shape index (κ3) is 2.30. The maximum absolute atomic E-state index is 5.97. The molecule has 0 radical (unpaired) electrons. The Labute approximate surface area is 98.4 Å². The Morgan fingerprint density at radius 1 is 1.33 bits per heavy atom. The lowest BCUT2D eigenvalue weighted by Gasteiger charge is -1.99. The van der Waals surface area contributed by atoms with Gasteiger partial charge in [0.25, 0.3) is 0 Å². The first kappa shape index (κ1) is 10.5. The van der Waals surface area contributed by atoms with Crippen molar-refractivity contribution >= 4 is 41.2 Å². The van der Waals surface area contributed by atoms with Crippen molar-refractivity contribution in [2.45, 2.75) is 0 Å². The van der Waals surface area contributed by atoms with Crippen LogP contribution in [0.5, 0.6) is 0 Å². The molecule has 0 saturated heterocycles. The zero-order valence-corrected chi connectivity index (χ0v) is 9.54. The molecule has 76 valence electrons. The highest BCUT2D eigenvalue weighted by Crippen LogP contribution is 2.20. The van der Waals surface area contributed by atoms with Crippen LogP contribution in [-0.2, 0) is 0 Å². The fourth-order valence-corrected chi connectivity index (χ4v) is 1.64. The number of hydrogen-bond donors (Lipinski definition) is 1. The minimum Gasteiger partial charge on any atom is -0.236 e. The van der Waals surface area contributed by atoms with E-state index in [1.807, 2.05) is 30.4 Å². The van der Waals surface area contributed by atoms with Gasteiger partial charge < -0.3 is 0 Å². The van der Waals surface area contributed by atoms with Crippen LogP contribution in [-0.4, -0.2) is 15.7 Å². The molecule has 0 amide bonds. The van der Waals surface area contributed by atoms with Crippen molar-refractivity contribution in [3.63, 3.8) is 0 Å². The fourth-order valence-electron chi connectivity index (χ4n) is 1.34. The van der Waals surface area contributed by atoms with E-state index in [0.29, 0.717) is 5.15 Å². The van der Waals surface area contributed by atoms with E-state index < -0.39 is 0 Å². The number of fused-ring (bicyclic) bond motifs is 1. The molecule has 0 N–H and O–H groups in total. The molecule has 0 aliphatic rings. The molecule has 2 nitrogen and oxygen atoms in total. The van der Waals surface area contributed by atoms with Crippen LogP contribution >= 0.6 is 24.2 Å². The summed E-state index contributed by atoms with van der Waals surface area (Å²) in [6, 6.07) is 5.89. The maximum atomic E-state index is 5.97. The zero-order chi connectivity index (χ0) is 10.7. The normalized spacial score (nSPS) is 11.3. The molecule has 0 aliphatic heterocycles. The number of nitrogens with zero attached hydrogens (tertiary/aromatic N) is 2. The van der Waals surface area contributed by atoms with Crippen LogP contribution in [0.25, 0.3) is 17.0 Å². The highest BCUT2D eigenvalue weighted by atomic mass is 35.5. The SMILES string of the molecule is SCC=Cc1ccc2ncnc(Cl)c2c1. The summed E-state index contributed by atoms with van der Waals surface area (Å²) in [6.07, 6.45) is 5.44. The summed E-state index contributed by atoms with van der Waals surface area (Å²) < 4.78 is 0. The summed E-state index contributed by atoms with van der Waals surface area (Å²) in [7, 11) is 0. The molecule has 2 aromatic rings. The number of aromatic nitrogens is 2. The van der Waals surface area contributed by atoms with Crippen molar-refractivity contribution in [2.75, 3.05) is 5.75 Å². The van der Waals surface area contributed by atoms with E-state index in [-0.39, 0.29) is 0 Å². The monoisotopic (exact) mass is 236 g/mol. The van der Waals surface area contributed by atoms with Crippen molar-refractivity contribution in [2.24, 2.45) is 0 Å². The Hall–Kier alpha value is -1.06. The molecule has 0 atom stereocenters. The third-order valence-electron chi connectivity index (χ3n) is 2.03. The smallest absolute Gasteiger partial charge is 0.140 e. The molecule has 0 fully saturated rings. The second-order valence-corrected chi connectivity index (χ2v) is 3.75. The molecule has 0 bridgehead atoms. The second-order valence-electron chi connectivity index (χ2n) is 3.03. The van der Waals surface area contributed by atoms with Crippen molar-refractivity contribution in [1.29, 1.82) is 0 Å². The van der Waals surface area contributed by atoms with Crippen LogP contribution in [0.1, 0.15) is 5.56 Å². The van der Waals surface area contributed by atoms with Crippen molar-refractivity contribution < 1.29 is 0 Å². The van der Waals surface area contributed by atoms with Crippen LogP contribution < -0.4 is 0 Å². The topological polar surface area (TPSA) is 25.8 Å². The summed E-state index contributed by atoms with van der Waals surface area (Å²) >= 11 is 10.1.